The van der Waals surface area contributed by atoms with Crippen LogP contribution in [-0.2, 0) is 57.5 Å². The largest absolute Gasteiger partial charge is 0.480 e. The molecule has 0 radical (unpaired) electrons. The minimum absolute atomic E-state index is 0. The van der Waals surface area contributed by atoms with Gasteiger partial charge in [-0.05, 0) is 0 Å². The van der Waals surface area contributed by atoms with E-state index in [4.69, 9.17) is 51.1 Å². The molecule has 63 heavy (non-hydrogen) atoms. The molecule has 29 nitrogen and oxygen atoms in total. The van der Waals surface area contributed by atoms with Crippen LogP contribution in [0, 0.1) is 0 Å². The van der Waals surface area contributed by atoms with Gasteiger partial charge in [0.2, 0.25) is 0 Å². The van der Waals surface area contributed by atoms with E-state index in [1.165, 1.54) is 19.6 Å². The fraction of sp³-hybridized carbons (Fsp3) is 0.676. The minimum atomic E-state index is -1.26. The van der Waals surface area contributed by atoms with Crippen LogP contribution < -0.4 is 0 Å². The Kier molecular flexibility index (Phi) is 33.5. The predicted molar refractivity (Wildman–Crippen MR) is 221 cm³/mol. The number of carbonyl (C=O) groups is 11. The lowest BCUT2D eigenvalue weighted by Crippen LogP contribution is -2.46. The van der Waals surface area contributed by atoms with E-state index in [1.807, 2.05) is 0 Å². The van der Waals surface area contributed by atoms with E-state index in [0.29, 0.717) is 0 Å². The molecule has 0 fully saturated rings. The normalized spacial score (nSPS) is 11.0. The smallest absolute Gasteiger partial charge is 0.319 e. The molecule has 0 atom stereocenters. The molecule has 0 bridgehead atoms. The highest BCUT2D eigenvalue weighted by Gasteiger charge is 2.22. The van der Waals surface area contributed by atoms with Crippen LogP contribution in [0.1, 0.15) is 14.6 Å². The molecule has 0 rings (SSSR count). The second-order valence-corrected chi connectivity index (χ2v) is 13.2. The maximum Gasteiger partial charge on any atom is 0.319 e. The number of aliphatic carboxylic acids is 10. The molecule has 0 aromatic heterocycles. The van der Waals surface area contributed by atoms with Gasteiger partial charge in [0.05, 0.1) is 79.1 Å². The molecule has 0 amide bonds. The van der Waals surface area contributed by atoms with Crippen molar-refractivity contribution >= 4 is 65.7 Å². The first-order valence-electron chi connectivity index (χ1n) is 18.1. The molecule has 0 aliphatic rings. The highest BCUT2D eigenvalue weighted by atomic mass is 16.5. The zero-order valence-electron chi connectivity index (χ0n) is 33.9. The molecular weight excluding hydrogens is 858 g/mol. The zero-order valence-corrected chi connectivity index (χ0v) is 33.9. The van der Waals surface area contributed by atoms with E-state index in [1.54, 1.807) is 0 Å². The van der Waals surface area contributed by atoms with Gasteiger partial charge >= 0.3 is 65.7 Å². The van der Waals surface area contributed by atoms with Crippen molar-refractivity contribution in [3.63, 3.8) is 0 Å². The number of carboxylic acid groups (broad SMARTS) is 10. The quantitative estimate of drug-likeness (QED) is 0.0265. The molecule has 372 valence electrons. The molecular formula is C34H69N7O22. The van der Waals surface area contributed by atoms with Gasteiger partial charge in [-0.3, -0.25) is 87.0 Å². The van der Waals surface area contributed by atoms with E-state index in [9.17, 15) is 52.7 Å². The van der Waals surface area contributed by atoms with Crippen molar-refractivity contribution in [3.05, 3.63) is 0 Å². The van der Waals surface area contributed by atoms with Gasteiger partial charge in [0.1, 0.15) is 0 Å². The van der Waals surface area contributed by atoms with Crippen molar-refractivity contribution < 1.29 is 116 Å². The molecule has 0 heterocycles. The number of rotatable bonds is 37. The van der Waals surface area contributed by atoms with Gasteiger partial charge < -0.3 is 55.8 Å². The van der Waals surface area contributed by atoms with Gasteiger partial charge in [0, 0.05) is 72.6 Å². The summed E-state index contributed by atoms with van der Waals surface area (Å²) in [7, 11) is 1.15. The zero-order chi connectivity index (χ0) is 47.9. The van der Waals surface area contributed by atoms with E-state index in [0.717, 1.165) is 21.8 Å². The number of nitrogens with zero attached hydrogens (tertiary/aromatic N) is 7. The Balaban J connectivity index is -0.000000165. The van der Waals surface area contributed by atoms with Crippen molar-refractivity contribution in [1.29, 1.82) is 0 Å². The lowest BCUT2D eigenvalue weighted by molar-refractivity contribution is -0.145. The highest BCUT2D eigenvalue weighted by molar-refractivity contribution is 5.75. The molecule has 0 saturated carbocycles. The summed E-state index contributed by atoms with van der Waals surface area (Å²) >= 11 is 0. The Bertz CT molecular complexity index is 1440. The lowest BCUT2D eigenvalue weighted by Gasteiger charge is -2.29. The maximum absolute atomic E-state index is 11.4. The van der Waals surface area contributed by atoms with Crippen LogP contribution in [0.5, 0.6) is 0 Å². The number of hydrogen-bond donors (Lipinski definition) is 10. The van der Waals surface area contributed by atoms with E-state index < -0.39 is 131 Å². The fourth-order valence-corrected chi connectivity index (χ4v) is 5.24. The van der Waals surface area contributed by atoms with Crippen LogP contribution in [0.2, 0.25) is 0 Å². The summed E-state index contributed by atoms with van der Waals surface area (Å²) < 4.78 is 4.49. The third-order valence-electron chi connectivity index (χ3n) is 7.83. The molecule has 0 saturated heterocycles. The summed E-state index contributed by atoms with van der Waals surface area (Å²) in [4.78, 5) is 130. The van der Waals surface area contributed by atoms with Gasteiger partial charge in [0.25, 0.3) is 0 Å². The predicted octanol–water partition coefficient (Wildman–Crippen LogP) is -4.03. The molecule has 0 aliphatic carbocycles. The Morgan fingerprint density at radius 1 is 0.286 bits per heavy atom. The van der Waals surface area contributed by atoms with Gasteiger partial charge in [0.15, 0.2) is 0 Å². The SMILES string of the molecule is C.COC(=O)CN(CCN(CCN(CC(=O)O)CC(=O)O)CC(=O)O)CC(=O)O.O=C(O)CN(CCN(CCN(CC(=O)O)CC(=O)O)CC(=O)O)CCN(CC(=O)O)CC(=O)O.[HH].[HH].[HH].[HH].[HH]. The third kappa shape index (κ3) is 38.5. The summed E-state index contributed by atoms with van der Waals surface area (Å²) in [6.45, 7) is -5.49. The van der Waals surface area contributed by atoms with Crippen LogP contribution in [0.4, 0.5) is 0 Å². The maximum atomic E-state index is 11.4. The van der Waals surface area contributed by atoms with Crippen LogP contribution >= 0.6 is 0 Å². The average molecular weight is 928 g/mol. The number of carboxylic acids is 10. The standard InChI is InChI=1S/C18H30N4O12.C15H25N3O10.CH4.5H2/c23-13(24)7-19(3-5-21(9-15(27)28)10-16(29)30)1-2-20(8-14(25)26)4-6-22(11-17(31)32)12-18(33)34;1-28-15(27)10-18(9-14(25)26)5-3-16(6-11(19)20)2-4-17(7-12(21)22)8-13(23)24;;;;;;/h1-12H2,(H,23,24)(H,25,26)(H,27,28)(H,29,30)(H,31,32)(H,33,34);2-10H2,1H3,(H,19,20)(H,21,22)(H,23,24)(H,25,26);1H4;5*1H. The van der Waals surface area contributed by atoms with Crippen molar-refractivity contribution in [1.82, 2.24) is 34.3 Å². The van der Waals surface area contributed by atoms with Crippen LogP contribution in [0.15, 0.2) is 0 Å². The first kappa shape index (κ1) is 61.2. The van der Waals surface area contributed by atoms with Crippen LogP contribution in [-0.4, -0.2) is 296 Å². The van der Waals surface area contributed by atoms with Gasteiger partial charge in [-0.25, -0.2) is 0 Å². The number of methoxy groups -OCH3 is 1. The van der Waals surface area contributed by atoms with Gasteiger partial charge in [-0.1, -0.05) is 7.43 Å². The molecule has 0 spiro atoms. The topological polar surface area (TPSA) is 422 Å². The molecule has 10 N–H and O–H groups in total. The van der Waals surface area contributed by atoms with E-state index >= 15 is 0 Å². The van der Waals surface area contributed by atoms with E-state index in [-0.39, 0.29) is 86.6 Å². The highest BCUT2D eigenvalue weighted by Crippen LogP contribution is 2.00. The Morgan fingerprint density at radius 2 is 0.413 bits per heavy atom. The molecule has 0 aromatic carbocycles. The van der Waals surface area contributed by atoms with Crippen molar-refractivity contribution in [3.8, 4) is 0 Å². The van der Waals surface area contributed by atoms with Crippen molar-refractivity contribution in [2.75, 3.05) is 145 Å². The van der Waals surface area contributed by atoms with E-state index in [2.05, 4.69) is 4.74 Å². The summed E-state index contributed by atoms with van der Waals surface area (Å²) in [5.41, 5.74) is 0. The molecule has 29 heteroatoms. The first-order valence-corrected chi connectivity index (χ1v) is 18.1. The Labute approximate surface area is 367 Å². The number of hydrogen-bond acceptors (Lipinski definition) is 19. The van der Waals surface area contributed by atoms with Gasteiger partial charge in [-0.15, -0.1) is 0 Å². The van der Waals surface area contributed by atoms with Crippen molar-refractivity contribution in [2.45, 2.75) is 7.43 Å². The third-order valence-corrected chi connectivity index (χ3v) is 7.83. The number of carbonyl (C=O) groups excluding carboxylic acids is 1. The lowest BCUT2D eigenvalue weighted by atomic mass is 10.3. The Hall–Kier alpha value is -6.11. The van der Waals surface area contributed by atoms with Crippen molar-refractivity contribution in [2.24, 2.45) is 0 Å². The second kappa shape index (κ2) is 34.5. The minimum Gasteiger partial charge on any atom is -0.480 e. The summed E-state index contributed by atoms with van der Waals surface area (Å²) in [6, 6.07) is 0. The first-order chi connectivity index (χ1) is 28.8. The van der Waals surface area contributed by atoms with Crippen LogP contribution in [0.25, 0.3) is 0 Å². The summed E-state index contributed by atoms with van der Waals surface area (Å²) in [5.74, 6) is -12.9. The monoisotopic (exact) mass is 927 g/mol. The second-order valence-electron chi connectivity index (χ2n) is 13.2. The summed E-state index contributed by atoms with van der Waals surface area (Å²) in [5, 5.41) is 89.4. The Morgan fingerprint density at radius 3 is 0.556 bits per heavy atom. The fourth-order valence-electron chi connectivity index (χ4n) is 5.24. The molecule has 0 aromatic rings. The number of esters is 1. The molecule has 0 unspecified atom stereocenters. The molecule has 0 aliphatic heterocycles. The van der Waals surface area contributed by atoms with Crippen LogP contribution in [0.3, 0.4) is 0 Å². The van der Waals surface area contributed by atoms with Gasteiger partial charge in [-0.2, -0.15) is 0 Å². The summed E-state index contributed by atoms with van der Waals surface area (Å²) in [6.07, 6.45) is 0. The average Bonchev–Trinajstić information content (AvgIpc) is 3.10. The number of ether oxygens (including phenoxy) is 1.